The van der Waals surface area contributed by atoms with Gasteiger partial charge in [0.05, 0.1) is 17.7 Å². The first-order valence-electron chi connectivity index (χ1n) is 10.6. The first-order valence-corrected chi connectivity index (χ1v) is 12.1. The van der Waals surface area contributed by atoms with E-state index in [0.29, 0.717) is 28.3 Å². The molecule has 3 aromatic carbocycles. The number of rotatable bonds is 7. The highest BCUT2D eigenvalue weighted by atomic mass is 32.2. The monoisotopic (exact) mass is 466 g/mol. The highest BCUT2D eigenvalue weighted by Gasteiger charge is 2.30. The summed E-state index contributed by atoms with van der Waals surface area (Å²) in [6.07, 6.45) is 0. The van der Waals surface area contributed by atoms with Crippen molar-refractivity contribution in [3.05, 3.63) is 82.4 Å². The molecule has 1 N–H and O–H groups in total. The molecule has 0 aliphatic carbocycles. The van der Waals surface area contributed by atoms with Crippen LogP contribution in [0.5, 0.6) is 5.75 Å². The van der Waals surface area contributed by atoms with Crippen LogP contribution in [0.3, 0.4) is 0 Å². The smallest absolute Gasteiger partial charge is 0.265 e. The molecule has 0 radical (unpaired) electrons. The van der Waals surface area contributed by atoms with E-state index in [9.17, 15) is 13.2 Å². The Hall–Kier alpha value is -3.32. The van der Waals surface area contributed by atoms with Crippen molar-refractivity contribution in [1.29, 1.82) is 0 Å². The number of nitrogens with one attached hydrogen (secondary N) is 1. The van der Waals surface area contributed by atoms with Gasteiger partial charge in [-0.2, -0.15) is 0 Å². The quantitative estimate of drug-likeness (QED) is 0.527. The van der Waals surface area contributed by atoms with Gasteiger partial charge in [0.15, 0.2) is 0 Å². The summed E-state index contributed by atoms with van der Waals surface area (Å²) in [5.41, 5.74) is 5.20. The molecule has 0 aromatic heterocycles. The third kappa shape index (κ3) is 5.37. The number of carbonyl (C=O) groups excluding carboxylic acids is 1. The van der Waals surface area contributed by atoms with E-state index in [1.54, 1.807) is 45.2 Å². The summed E-state index contributed by atoms with van der Waals surface area (Å²) in [4.78, 5) is 13.3. The second-order valence-corrected chi connectivity index (χ2v) is 10.1. The number of methoxy groups -OCH3 is 1. The maximum Gasteiger partial charge on any atom is 0.265 e. The van der Waals surface area contributed by atoms with Crippen molar-refractivity contribution in [1.82, 2.24) is 0 Å². The number of amides is 1. The summed E-state index contributed by atoms with van der Waals surface area (Å²) in [5, 5.41) is 2.87. The van der Waals surface area contributed by atoms with E-state index < -0.39 is 15.9 Å². The van der Waals surface area contributed by atoms with Gasteiger partial charge < -0.3 is 10.1 Å². The summed E-state index contributed by atoms with van der Waals surface area (Å²) in [6.45, 7) is 8.94. The summed E-state index contributed by atoms with van der Waals surface area (Å²) < 4.78 is 34.1. The number of hydrogen-bond acceptors (Lipinski definition) is 4. The van der Waals surface area contributed by atoms with Crippen LogP contribution in [-0.2, 0) is 14.8 Å². The lowest BCUT2D eigenvalue weighted by Gasteiger charge is -2.26. The van der Waals surface area contributed by atoms with Crippen LogP contribution in [0.2, 0.25) is 0 Å². The molecule has 0 fully saturated rings. The van der Waals surface area contributed by atoms with Crippen LogP contribution in [0.25, 0.3) is 0 Å². The average Bonchev–Trinajstić information content (AvgIpc) is 2.73. The number of ether oxygens (including phenoxy) is 1. The van der Waals surface area contributed by atoms with Crippen LogP contribution in [0.15, 0.2) is 59.5 Å². The van der Waals surface area contributed by atoms with Crippen LogP contribution >= 0.6 is 0 Å². The number of sulfonamides is 1. The zero-order valence-electron chi connectivity index (χ0n) is 19.9. The molecular formula is C26H30N2O4S. The molecule has 0 heterocycles. The molecule has 0 aliphatic rings. The molecule has 0 saturated heterocycles. The van der Waals surface area contributed by atoms with Gasteiger partial charge in [-0.15, -0.1) is 0 Å². The van der Waals surface area contributed by atoms with Crippen LogP contribution in [-0.4, -0.2) is 28.0 Å². The van der Waals surface area contributed by atoms with Gasteiger partial charge in [-0.05, 0) is 87.2 Å². The van der Waals surface area contributed by atoms with Crippen LogP contribution in [0.4, 0.5) is 11.4 Å². The summed E-state index contributed by atoms with van der Waals surface area (Å²) >= 11 is 0. The number of anilines is 2. The Morgan fingerprint density at radius 2 is 1.45 bits per heavy atom. The Bertz CT molecular complexity index is 1260. The molecule has 0 atom stereocenters. The molecule has 0 saturated carbocycles. The Balaban J connectivity index is 2.04. The van der Waals surface area contributed by atoms with Gasteiger partial charge in [0.25, 0.3) is 10.0 Å². The third-order valence-corrected chi connectivity index (χ3v) is 7.55. The fourth-order valence-electron chi connectivity index (χ4n) is 3.94. The maximum absolute atomic E-state index is 13.9. The average molecular weight is 467 g/mol. The van der Waals surface area contributed by atoms with Crippen molar-refractivity contribution in [3.63, 3.8) is 0 Å². The molecule has 174 valence electrons. The molecular weight excluding hydrogens is 436 g/mol. The molecule has 3 rings (SSSR count). The lowest BCUT2D eigenvalue weighted by atomic mass is 10.1. The third-order valence-electron chi connectivity index (χ3n) is 5.47. The van der Waals surface area contributed by atoms with Crippen molar-refractivity contribution in [2.75, 3.05) is 23.3 Å². The second-order valence-electron chi connectivity index (χ2n) is 8.30. The number of aryl methyl sites for hydroxylation is 5. The number of carbonyl (C=O) groups is 1. The van der Waals surface area contributed by atoms with E-state index in [4.69, 9.17) is 4.74 Å². The number of benzene rings is 3. The highest BCUT2D eigenvalue weighted by Crippen LogP contribution is 2.30. The van der Waals surface area contributed by atoms with Crippen molar-refractivity contribution in [2.45, 2.75) is 39.5 Å². The van der Waals surface area contributed by atoms with E-state index in [1.807, 2.05) is 51.1 Å². The topological polar surface area (TPSA) is 75.7 Å². The summed E-state index contributed by atoms with van der Waals surface area (Å²) in [7, 11) is -2.48. The highest BCUT2D eigenvalue weighted by molar-refractivity contribution is 7.93. The van der Waals surface area contributed by atoms with E-state index in [1.165, 1.54) is 0 Å². The minimum atomic E-state index is -4.03. The number of hydrogen-bond donors (Lipinski definition) is 1. The van der Waals surface area contributed by atoms with Gasteiger partial charge in [0.1, 0.15) is 12.3 Å². The van der Waals surface area contributed by atoms with Crippen LogP contribution in [0, 0.1) is 34.6 Å². The Kier molecular flexibility index (Phi) is 7.12. The molecule has 0 unspecified atom stereocenters. The van der Waals surface area contributed by atoms with Crippen molar-refractivity contribution >= 4 is 27.3 Å². The summed E-state index contributed by atoms with van der Waals surface area (Å²) in [6, 6.07) is 16.0. The van der Waals surface area contributed by atoms with Gasteiger partial charge in [-0.25, -0.2) is 8.42 Å². The van der Waals surface area contributed by atoms with Gasteiger partial charge in [-0.1, -0.05) is 29.8 Å². The van der Waals surface area contributed by atoms with Gasteiger partial charge in [-0.3, -0.25) is 9.10 Å². The van der Waals surface area contributed by atoms with Crippen molar-refractivity contribution in [2.24, 2.45) is 0 Å². The van der Waals surface area contributed by atoms with E-state index >= 15 is 0 Å². The second kappa shape index (κ2) is 9.67. The molecule has 0 bridgehead atoms. The SMILES string of the molecule is COc1ccc(N(CC(=O)Nc2cc(C)ccc2C)S(=O)(=O)c2c(C)cc(C)cc2C)cc1. The first kappa shape index (κ1) is 24.3. The zero-order chi connectivity index (χ0) is 24.3. The van der Waals surface area contributed by atoms with E-state index in [2.05, 4.69) is 5.32 Å². The predicted molar refractivity (Wildman–Crippen MR) is 133 cm³/mol. The van der Waals surface area contributed by atoms with Crippen molar-refractivity contribution in [3.8, 4) is 5.75 Å². The first-order chi connectivity index (χ1) is 15.5. The molecule has 3 aromatic rings. The summed E-state index contributed by atoms with van der Waals surface area (Å²) in [5.74, 6) is 0.171. The maximum atomic E-state index is 13.9. The lowest BCUT2D eigenvalue weighted by molar-refractivity contribution is -0.114. The Morgan fingerprint density at radius 1 is 0.848 bits per heavy atom. The minimum absolute atomic E-state index is 0.212. The fourth-order valence-corrected chi connectivity index (χ4v) is 5.78. The fraction of sp³-hybridized carbons (Fsp3) is 0.269. The Morgan fingerprint density at radius 3 is 2.03 bits per heavy atom. The zero-order valence-corrected chi connectivity index (χ0v) is 20.7. The Labute approximate surface area is 196 Å². The largest absolute Gasteiger partial charge is 0.497 e. The van der Waals surface area contributed by atoms with Crippen molar-refractivity contribution < 1.29 is 17.9 Å². The minimum Gasteiger partial charge on any atom is -0.497 e. The van der Waals surface area contributed by atoms with E-state index in [0.717, 1.165) is 21.0 Å². The standard InChI is InChI=1S/C26H30N2O4S/c1-17-7-8-19(3)24(15-17)27-25(29)16-28(22-9-11-23(32-6)12-10-22)33(30,31)26-20(4)13-18(2)14-21(26)5/h7-15H,16H2,1-6H3,(H,27,29). The van der Waals surface area contributed by atoms with E-state index in [-0.39, 0.29) is 11.4 Å². The molecule has 6 nitrogen and oxygen atoms in total. The predicted octanol–water partition coefficient (Wildman–Crippen LogP) is 5.07. The molecule has 0 aliphatic heterocycles. The van der Waals surface area contributed by atoms with Gasteiger partial charge in [0.2, 0.25) is 5.91 Å². The molecule has 33 heavy (non-hydrogen) atoms. The van der Waals surface area contributed by atoms with Crippen LogP contribution in [0.1, 0.15) is 27.8 Å². The number of nitrogens with zero attached hydrogens (tertiary/aromatic N) is 1. The van der Waals surface area contributed by atoms with Gasteiger partial charge in [0, 0.05) is 5.69 Å². The molecule has 7 heteroatoms. The van der Waals surface area contributed by atoms with Crippen LogP contribution < -0.4 is 14.4 Å². The lowest BCUT2D eigenvalue weighted by Crippen LogP contribution is -2.38. The normalized spacial score (nSPS) is 11.2. The van der Waals surface area contributed by atoms with Gasteiger partial charge >= 0.3 is 0 Å². The molecule has 0 spiro atoms. The molecule has 1 amide bonds.